The van der Waals surface area contributed by atoms with E-state index in [4.69, 9.17) is 5.11 Å². The second kappa shape index (κ2) is 10.1. The predicted molar refractivity (Wildman–Crippen MR) is 98.0 cm³/mol. The second-order valence-electron chi connectivity index (χ2n) is 7.41. The van der Waals surface area contributed by atoms with Gasteiger partial charge in [-0.2, -0.15) is 0 Å². The molecule has 9 nitrogen and oxygen atoms in total. The van der Waals surface area contributed by atoms with Crippen LogP contribution in [0.2, 0.25) is 0 Å². The van der Waals surface area contributed by atoms with Crippen LogP contribution in [0.4, 0.5) is 4.79 Å². The topological polar surface area (TPSA) is 119 Å². The average molecular weight is 382 g/mol. The van der Waals surface area contributed by atoms with Gasteiger partial charge in [0.05, 0.1) is 19.0 Å². The molecule has 2 aliphatic rings. The van der Waals surface area contributed by atoms with Crippen molar-refractivity contribution in [1.29, 1.82) is 0 Å². The number of urea groups is 1. The highest BCUT2D eigenvalue weighted by Crippen LogP contribution is 2.18. The summed E-state index contributed by atoms with van der Waals surface area (Å²) in [5, 5.41) is 14.4. The number of hydrogen-bond donors (Lipinski definition) is 3. The predicted octanol–water partition coefficient (Wildman–Crippen LogP) is 0.400. The molecule has 2 fully saturated rings. The zero-order valence-electron chi connectivity index (χ0n) is 15.9. The molecule has 0 spiro atoms. The Morgan fingerprint density at radius 3 is 2.26 bits per heavy atom. The maximum absolute atomic E-state index is 12.3. The largest absolute Gasteiger partial charge is 0.481 e. The molecule has 0 radical (unpaired) electrons. The van der Waals surface area contributed by atoms with E-state index in [2.05, 4.69) is 10.6 Å². The molecule has 4 amide bonds. The van der Waals surface area contributed by atoms with Crippen LogP contribution in [0.25, 0.3) is 0 Å². The van der Waals surface area contributed by atoms with Gasteiger partial charge in [-0.05, 0) is 25.7 Å². The van der Waals surface area contributed by atoms with Gasteiger partial charge >= 0.3 is 12.0 Å². The lowest BCUT2D eigenvalue weighted by Gasteiger charge is -2.31. The van der Waals surface area contributed by atoms with E-state index >= 15 is 0 Å². The van der Waals surface area contributed by atoms with Crippen LogP contribution in [0.5, 0.6) is 0 Å². The summed E-state index contributed by atoms with van der Waals surface area (Å²) in [5.41, 5.74) is 0. The Balaban J connectivity index is 1.66. The Morgan fingerprint density at radius 2 is 1.67 bits per heavy atom. The highest BCUT2D eigenvalue weighted by Gasteiger charge is 2.28. The number of carboxylic acids is 1. The maximum Gasteiger partial charge on any atom is 0.315 e. The standard InChI is InChI=1S/C18H30N4O5/c1-21(12-16(24)22-9-7-13(8-10-22)17(25)26)15(23)11-19-18(27)20-14-5-3-2-4-6-14/h13-14H,2-12H2,1H3,(H,25,26)(H2,19,20,27). The van der Waals surface area contributed by atoms with Gasteiger partial charge in [0.2, 0.25) is 11.8 Å². The van der Waals surface area contributed by atoms with Crippen molar-refractivity contribution >= 4 is 23.8 Å². The molecule has 3 N–H and O–H groups in total. The maximum atomic E-state index is 12.3. The number of aliphatic carboxylic acids is 1. The molecule has 1 saturated carbocycles. The molecule has 0 unspecified atom stereocenters. The fraction of sp³-hybridized carbons (Fsp3) is 0.778. The van der Waals surface area contributed by atoms with Gasteiger partial charge in [0.15, 0.2) is 0 Å². The first kappa shape index (κ1) is 21.0. The summed E-state index contributed by atoms with van der Waals surface area (Å²) in [4.78, 5) is 50.1. The first-order valence-corrected chi connectivity index (χ1v) is 9.65. The third-order valence-corrected chi connectivity index (χ3v) is 5.34. The number of nitrogens with one attached hydrogen (secondary N) is 2. The van der Waals surface area contributed by atoms with Crippen LogP contribution in [-0.2, 0) is 14.4 Å². The molecule has 9 heteroatoms. The van der Waals surface area contributed by atoms with E-state index in [0.717, 1.165) is 25.7 Å². The monoisotopic (exact) mass is 382 g/mol. The van der Waals surface area contributed by atoms with E-state index in [1.165, 1.54) is 18.4 Å². The van der Waals surface area contributed by atoms with Crippen molar-refractivity contribution in [3.05, 3.63) is 0 Å². The molecular formula is C18H30N4O5. The number of likely N-dealkylation sites (tertiary alicyclic amines) is 1. The van der Waals surface area contributed by atoms with Gasteiger partial charge in [-0.1, -0.05) is 19.3 Å². The minimum absolute atomic E-state index is 0.0809. The fourth-order valence-electron chi connectivity index (χ4n) is 3.54. The van der Waals surface area contributed by atoms with E-state index in [-0.39, 0.29) is 37.0 Å². The zero-order chi connectivity index (χ0) is 19.8. The van der Waals surface area contributed by atoms with E-state index < -0.39 is 11.9 Å². The van der Waals surface area contributed by atoms with Crippen LogP contribution in [-0.4, -0.2) is 78.0 Å². The zero-order valence-corrected chi connectivity index (χ0v) is 15.9. The van der Waals surface area contributed by atoms with Gasteiger partial charge in [-0.25, -0.2) is 4.79 Å². The van der Waals surface area contributed by atoms with E-state index in [9.17, 15) is 19.2 Å². The number of hydrogen-bond acceptors (Lipinski definition) is 4. The first-order chi connectivity index (χ1) is 12.9. The third-order valence-electron chi connectivity index (χ3n) is 5.34. The Kier molecular flexibility index (Phi) is 7.87. The van der Waals surface area contributed by atoms with E-state index in [0.29, 0.717) is 25.9 Å². The number of carbonyl (C=O) groups excluding carboxylic acids is 3. The number of piperidine rings is 1. The normalized spacial score (nSPS) is 18.6. The number of likely N-dealkylation sites (N-methyl/N-ethyl adjacent to an activating group) is 1. The van der Waals surface area contributed by atoms with Gasteiger partial charge in [0.25, 0.3) is 0 Å². The van der Waals surface area contributed by atoms with E-state index in [1.807, 2.05) is 0 Å². The van der Waals surface area contributed by atoms with Crippen LogP contribution in [0.3, 0.4) is 0 Å². The molecular weight excluding hydrogens is 352 g/mol. The first-order valence-electron chi connectivity index (χ1n) is 9.65. The van der Waals surface area contributed by atoms with Crippen molar-refractivity contribution in [3.8, 4) is 0 Å². The van der Waals surface area contributed by atoms with Crippen molar-refractivity contribution < 1.29 is 24.3 Å². The SMILES string of the molecule is CN(CC(=O)N1CCC(C(=O)O)CC1)C(=O)CNC(=O)NC1CCCCC1. The molecule has 27 heavy (non-hydrogen) atoms. The van der Waals surface area contributed by atoms with Crippen molar-refractivity contribution in [1.82, 2.24) is 20.4 Å². The minimum Gasteiger partial charge on any atom is -0.481 e. The lowest BCUT2D eigenvalue weighted by molar-refractivity contribution is -0.146. The summed E-state index contributed by atoms with van der Waals surface area (Å²) in [6.45, 7) is 0.533. The average Bonchev–Trinajstić information content (AvgIpc) is 2.66. The number of nitrogens with zero attached hydrogens (tertiary/aromatic N) is 2. The molecule has 1 aliphatic carbocycles. The van der Waals surface area contributed by atoms with Gasteiger partial charge in [0.1, 0.15) is 0 Å². The highest BCUT2D eigenvalue weighted by atomic mass is 16.4. The molecule has 1 saturated heterocycles. The van der Waals surface area contributed by atoms with Gasteiger partial charge in [-0.15, -0.1) is 0 Å². The highest BCUT2D eigenvalue weighted by molar-refractivity contribution is 5.88. The number of carbonyl (C=O) groups is 4. The number of amides is 4. The van der Waals surface area contributed by atoms with Gasteiger partial charge in [-0.3, -0.25) is 14.4 Å². The van der Waals surface area contributed by atoms with Crippen molar-refractivity contribution in [2.75, 3.05) is 33.2 Å². The lowest BCUT2D eigenvalue weighted by Crippen LogP contribution is -2.49. The molecule has 152 valence electrons. The quantitative estimate of drug-likeness (QED) is 0.614. The molecule has 0 bridgehead atoms. The number of rotatable bonds is 6. The third kappa shape index (κ3) is 6.73. The van der Waals surface area contributed by atoms with Crippen LogP contribution >= 0.6 is 0 Å². The van der Waals surface area contributed by atoms with Crippen LogP contribution in [0.1, 0.15) is 44.9 Å². The molecule has 2 rings (SSSR count). The Hall–Kier alpha value is -2.32. The molecule has 0 aromatic carbocycles. The number of carboxylic acid groups (broad SMARTS) is 1. The summed E-state index contributed by atoms with van der Waals surface area (Å²) in [5.74, 6) is -1.78. The van der Waals surface area contributed by atoms with Gasteiger partial charge < -0.3 is 25.5 Å². The Labute approximate surface area is 159 Å². The molecule has 0 aromatic rings. The summed E-state index contributed by atoms with van der Waals surface area (Å²) >= 11 is 0. The van der Waals surface area contributed by atoms with Gasteiger partial charge in [0, 0.05) is 26.2 Å². The molecule has 1 aliphatic heterocycles. The fourth-order valence-corrected chi connectivity index (χ4v) is 3.54. The smallest absolute Gasteiger partial charge is 0.315 e. The van der Waals surface area contributed by atoms with Crippen molar-refractivity contribution in [3.63, 3.8) is 0 Å². The molecule has 1 heterocycles. The molecule has 0 aromatic heterocycles. The minimum atomic E-state index is -0.827. The van der Waals surface area contributed by atoms with Crippen LogP contribution < -0.4 is 10.6 Å². The summed E-state index contributed by atoms with van der Waals surface area (Å²) < 4.78 is 0. The summed E-state index contributed by atoms with van der Waals surface area (Å²) in [7, 11) is 1.52. The lowest BCUT2D eigenvalue weighted by atomic mass is 9.96. The van der Waals surface area contributed by atoms with E-state index in [1.54, 1.807) is 4.90 Å². The summed E-state index contributed by atoms with van der Waals surface area (Å²) in [6.07, 6.45) is 6.22. The van der Waals surface area contributed by atoms with Crippen LogP contribution in [0, 0.1) is 5.92 Å². The Bertz CT molecular complexity index is 554. The van der Waals surface area contributed by atoms with Crippen molar-refractivity contribution in [2.24, 2.45) is 5.92 Å². The second-order valence-corrected chi connectivity index (χ2v) is 7.41. The Morgan fingerprint density at radius 1 is 1.04 bits per heavy atom. The molecule has 0 atom stereocenters. The summed E-state index contributed by atoms with van der Waals surface area (Å²) in [6, 6.07) is -0.187. The van der Waals surface area contributed by atoms with Crippen molar-refractivity contribution in [2.45, 2.75) is 51.0 Å². The van der Waals surface area contributed by atoms with Crippen LogP contribution in [0.15, 0.2) is 0 Å².